The Kier molecular flexibility index (Phi) is 8.32. The summed E-state index contributed by atoms with van der Waals surface area (Å²) in [6.45, 7) is 8.50. The Balaban J connectivity index is 1.26. The van der Waals surface area contributed by atoms with Crippen molar-refractivity contribution in [2.24, 2.45) is 0 Å². The second-order valence-electron chi connectivity index (χ2n) is 12.2. The number of nitrogens with one attached hydrogen (secondary N) is 2. The number of halogens is 1. The number of fused-ring (bicyclic) bond motifs is 1. The Bertz CT molecular complexity index is 1800. The van der Waals surface area contributed by atoms with E-state index in [9.17, 15) is 16.8 Å². The first-order valence-corrected chi connectivity index (χ1v) is 18.5. The fraction of sp³-hybridized carbons (Fsp3) is 0.484. The predicted octanol–water partition coefficient (Wildman–Crippen LogP) is 6.10. The maximum Gasteiger partial charge on any atom is 0.229 e. The molecule has 3 heterocycles. The molecule has 0 unspecified atom stereocenters. The van der Waals surface area contributed by atoms with Gasteiger partial charge in [0.2, 0.25) is 16.0 Å². The number of aromatic nitrogens is 2. The maximum absolute atomic E-state index is 13.0. The quantitative estimate of drug-likeness (QED) is 0.280. The van der Waals surface area contributed by atoms with Gasteiger partial charge in [0.25, 0.3) is 0 Å². The molecule has 10 nitrogen and oxygen atoms in total. The number of nitrogens with zero attached hydrogens (tertiary/aromatic N) is 3. The van der Waals surface area contributed by atoms with Crippen LogP contribution in [0.4, 0.5) is 23.1 Å². The lowest BCUT2D eigenvalue weighted by atomic mass is 9.83. The summed E-state index contributed by atoms with van der Waals surface area (Å²) in [5.74, 6) is 1.55. The van der Waals surface area contributed by atoms with Crippen molar-refractivity contribution < 1.29 is 21.6 Å². The number of sulfonamides is 1. The molecule has 2 aliphatic heterocycles. The molecule has 1 atom stereocenters. The number of para-hydroxylation sites is 1. The highest BCUT2D eigenvalue weighted by Crippen LogP contribution is 2.46. The Morgan fingerprint density at radius 2 is 1.73 bits per heavy atom. The van der Waals surface area contributed by atoms with Crippen LogP contribution in [0.2, 0.25) is 5.02 Å². The van der Waals surface area contributed by atoms with Crippen LogP contribution in [0.15, 0.2) is 41.4 Å². The van der Waals surface area contributed by atoms with Gasteiger partial charge in [0.15, 0.2) is 15.7 Å². The molecule has 1 saturated heterocycles. The standard InChI is InChI=1S/C31H38ClN5O5S2/c1-18(2)43(38,39)27-8-6-5-7-25(27)34-30-24(32)17-33-31(36-30)35-26-15-19(3)28(23-16-20(4)42-29(23)26)21-11-13-37(14-12-21)44(40,41)22-9-10-22/h5-8,15,17-18,20-22H,9-14,16H2,1-4H3,(H2,33,34,35,36)/t20-/m1/s1. The van der Waals surface area contributed by atoms with E-state index in [0.717, 1.165) is 54.7 Å². The lowest BCUT2D eigenvalue weighted by Gasteiger charge is -2.33. The van der Waals surface area contributed by atoms with Gasteiger partial charge in [0.05, 0.1) is 33.0 Å². The topological polar surface area (TPSA) is 131 Å². The summed E-state index contributed by atoms with van der Waals surface area (Å²) in [5, 5.41) is 5.87. The van der Waals surface area contributed by atoms with Gasteiger partial charge in [0.1, 0.15) is 16.9 Å². The Labute approximate surface area is 264 Å². The minimum Gasteiger partial charge on any atom is -0.488 e. The Hall–Kier alpha value is -2.93. The number of hydrogen-bond donors (Lipinski definition) is 2. The summed E-state index contributed by atoms with van der Waals surface area (Å²) in [5.41, 5.74) is 4.61. The summed E-state index contributed by atoms with van der Waals surface area (Å²) < 4.78 is 59.5. The summed E-state index contributed by atoms with van der Waals surface area (Å²) in [4.78, 5) is 9.14. The fourth-order valence-corrected chi connectivity index (χ4v) is 9.44. The van der Waals surface area contributed by atoms with Gasteiger partial charge >= 0.3 is 0 Å². The lowest BCUT2D eigenvalue weighted by molar-refractivity contribution is 0.256. The number of rotatable bonds is 9. The van der Waals surface area contributed by atoms with Gasteiger partial charge in [0, 0.05) is 25.1 Å². The molecule has 2 aromatic carbocycles. The van der Waals surface area contributed by atoms with E-state index in [2.05, 4.69) is 27.5 Å². The van der Waals surface area contributed by atoms with Crippen molar-refractivity contribution in [1.82, 2.24) is 14.3 Å². The van der Waals surface area contributed by atoms with E-state index in [-0.39, 0.29) is 39.0 Å². The molecule has 1 aromatic heterocycles. The zero-order chi connectivity index (χ0) is 31.4. The minimum atomic E-state index is -3.55. The van der Waals surface area contributed by atoms with E-state index >= 15 is 0 Å². The molecule has 2 N–H and O–H groups in total. The van der Waals surface area contributed by atoms with E-state index in [1.165, 1.54) is 11.8 Å². The summed E-state index contributed by atoms with van der Waals surface area (Å²) >= 11 is 6.45. The lowest BCUT2D eigenvalue weighted by Crippen LogP contribution is -2.40. The largest absolute Gasteiger partial charge is 0.488 e. The Morgan fingerprint density at radius 1 is 1.02 bits per heavy atom. The summed E-state index contributed by atoms with van der Waals surface area (Å²) in [6, 6.07) is 8.71. The van der Waals surface area contributed by atoms with E-state index in [1.807, 2.05) is 13.0 Å². The number of anilines is 4. The molecule has 236 valence electrons. The fourth-order valence-electron chi connectivity index (χ4n) is 6.22. The van der Waals surface area contributed by atoms with Gasteiger partial charge < -0.3 is 15.4 Å². The molecular formula is C31H38ClN5O5S2. The molecule has 44 heavy (non-hydrogen) atoms. The Morgan fingerprint density at radius 3 is 2.41 bits per heavy atom. The van der Waals surface area contributed by atoms with E-state index in [4.69, 9.17) is 16.3 Å². The van der Waals surface area contributed by atoms with Crippen LogP contribution >= 0.6 is 11.6 Å². The van der Waals surface area contributed by atoms with Gasteiger partial charge in [-0.3, -0.25) is 0 Å². The third kappa shape index (κ3) is 5.89. The second-order valence-corrected chi connectivity index (χ2v) is 17.3. The smallest absolute Gasteiger partial charge is 0.229 e. The molecule has 0 bridgehead atoms. The first kappa shape index (κ1) is 31.1. The minimum absolute atomic E-state index is 0.01000. The van der Waals surface area contributed by atoms with Crippen LogP contribution in [0.3, 0.4) is 0 Å². The molecule has 2 fully saturated rings. The first-order valence-electron chi connectivity index (χ1n) is 15.1. The first-order chi connectivity index (χ1) is 20.9. The second kappa shape index (κ2) is 11.8. The van der Waals surface area contributed by atoms with Gasteiger partial charge in [-0.25, -0.2) is 26.1 Å². The van der Waals surface area contributed by atoms with E-state index in [0.29, 0.717) is 18.8 Å². The van der Waals surface area contributed by atoms with Crippen molar-refractivity contribution in [3.05, 3.63) is 58.2 Å². The van der Waals surface area contributed by atoms with Crippen LogP contribution in [0.1, 0.15) is 69.1 Å². The average Bonchev–Trinajstić information content (AvgIpc) is 3.77. The third-order valence-electron chi connectivity index (χ3n) is 8.67. The number of ether oxygens (including phenoxy) is 1. The van der Waals surface area contributed by atoms with Crippen LogP contribution in [-0.2, 0) is 26.3 Å². The zero-order valence-corrected chi connectivity index (χ0v) is 27.7. The number of benzene rings is 2. The van der Waals surface area contributed by atoms with E-state index < -0.39 is 25.1 Å². The summed E-state index contributed by atoms with van der Waals surface area (Å²) in [6.07, 6.45) is 5.34. The highest BCUT2D eigenvalue weighted by molar-refractivity contribution is 7.92. The van der Waals surface area contributed by atoms with Crippen LogP contribution < -0.4 is 15.4 Å². The molecule has 1 saturated carbocycles. The molecule has 13 heteroatoms. The van der Waals surface area contributed by atoms with Crippen molar-refractivity contribution >= 4 is 54.6 Å². The molecule has 0 spiro atoms. The number of sulfone groups is 1. The van der Waals surface area contributed by atoms with Crippen LogP contribution in [0, 0.1) is 6.92 Å². The molecule has 1 aliphatic carbocycles. The molecule has 3 aromatic rings. The van der Waals surface area contributed by atoms with E-state index in [1.54, 1.807) is 42.4 Å². The molecule has 0 radical (unpaired) electrons. The molecule has 6 rings (SSSR count). The van der Waals surface area contributed by atoms with Crippen molar-refractivity contribution in [2.45, 2.75) is 87.2 Å². The van der Waals surface area contributed by atoms with Crippen molar-refractivity contribution in [2.75, 3.05) is 23.7 Å². The number of piperidine rings is 1. The molecule has 0 amide bonds. The molecular weight excluding hydrogens is 622 g/mol. The summed E-state index contributed by atoms with van der Waals surface area (Å²) in [7, 11) is -6.72. The van der Waals surface area contributed by atoms with Gasteiger partial charge in [-0.1, -0.05) is 23.7 Å². The number of hydrogen-bond acceptors (Lipinski definition) is 9. The van der Waals surface area contributed by atoms with Gasteiger partial charge in [-0.05, 0) is 88.6 Å². The molecule has 3 aliphatic rings. The third-order valence-corrected chi connectivity index (χ3v) is 13.6. The SMILES string of the molecule is Cc1cc(Nc2ncc(Cl)c(Nc3ccccc3S(=O)(=O)C(C)C)n2)c2c(c1C1CCN(S(=O)(=O)C3CC3)CC1)C[C@@H](C)O2. The number of aryl methyl sites for hydroxylation is 1. The monoisotopic (exact) mass is 659 g/mol. The predicted molar refractivity (Wildman–Crippen MR) is 173 cm³/mol. The van der Waals surface area contributed by atoms with Crippen molar-refractivity contribution in [3.8, 4) is 5.75 Å². The normalized spacial score (nSPS) is 19.5. The maximum atomic E-state index is 13.0. The van der Waals surface area contributed by atoms with Crippen molar-refractivity contribution in [1.29, 1.82) is 0 Å². The van der Waals surface area contributed by atoms with Crippen LogP contribution in [0.25, 0.3) is 0 Å². The highest BCUT2D eigenvalue weighted by atomic mass is 35.5. The average molecular weight is 660 g/mol. The highest BCUT2D eigenvalue weighted by Gasteiger charge is 2.42. The van der Waals surface area contributed by atoms with Crippen LogP contribution in [0.5, 0.6) is 5.75 Å². The van der Waals surface area contributed by atoms with Crippen LogP contribution in [-0.4, -0.2) is 60.8 Å². The van der Waals surface area contributed by atoms with Gasteiger partial charge in [-0.2, -0.15) is 4.98 Å². The zero-order valence-electron chi connectivity index (χ0n) is 25.3. The van der Waals surface area contributed by atoms with Crippen molar-refractivity contribution in [3.63, 3.8) is 0 Å². The van der Waals surface area contributed by atoms with Gasteiger partial charge in [-0.15, -0.1) is 0 Å².